The lowest BCUT2D eigenvalue weighted by atomic mass is 9.84. The lowest BCUT2D eigenvalue weighted by molar-refractivity contribution is 0.0881. The average Bonchev–Trinajstić information content (AvgIpc) is 3.64. The number of nitrogens with two attached hydrogens (primary N) is 1. The molecule has 12 nitrogen and oxygen atoms in total. The zero-order valence-electron chi connectivity index (χ0n) is 25.7. The molecule has 4 heterocycles. The van der Waals surface area contributed by atoms with Crippen LogP contribution in [0.1, 0.15) is 65.2 Å². The fourth-order valence-corrected chi connectivity index (χ4v) is 7.42. The molecule has 0 saturated heterocycles. The fraction of sp³-hybridized carbons (Fsp3) is 0.344. The van der Waals surface area contributed by atoms with E-state index in [0.29, 0.717) is 13.0 Å². The number of nitrogen functional groups attached to an aromatic ring is 1. The van der Waals surface area contributed by atoms with Crippen LogP contribution in [0.2, 0.25) is 0 Å². The number of fused-ring (bicyclic) bond motifs is 2. The van der Waals surface area contributed by atoms with Crippen molar-refractivity contribution in [3.05, 3.63) is 88.7 Å². The standard InChI is InChI=1S/C32H36N8O4S/c1-5-24-19-38(45(42,43)28-8-7-14-34-32(28)44-24)18-23-16-22(10-9-20(23)3)26(17-30(41)40-15-13-29(33)36-40)25-11-12-27-31(21(25)4)35-37-39(27)6-2/h7-16,24,26H,5-6,17-19H2,1-4H3,(H2,33,36)/t24-,26+/m1/s1. The third kappa shape index (κ3) is 5.69. The number of anilines is 1. The van der Waals surface area contributed by atoms with Gasteiger partial charge in [-0.15, -0.1) is 10.2 Å². The Morgan fingerprint density at radius 2 is 1.96 bits per heavy atom. The van der Waals surface area contributed by atoms with Crippen molar-refractivity contribution in [2.45, 2.75) is 70.5 Å². The summed E-state index contributed by atoms with van der Waals surface area (Å²) in [7, 11) is -3.90. The Morgan fingerprint density at radius 3 is 2.69 bits per heavy atom. The normalized spacial score (nSPS) is 17.0. The summed E-state index contributed by atoms with van der Waals surface area (Å²) in [5.74, 6) is -0.217. The number of sulfonamides is 1. The maximum Gasteiger partial charge on any atom is 0.248 e. The number of pyridine rings is 1. The van der Waals surface area contributed by atoms with Gasteiger partial charge in [0.25, 0.3) is 0 Å². The fourth-order valence-electron chi connectivity index (χ4n) is 5.90. The topological polar surface area (TPSA) is 151 Å². The van der Waals surface area contributed by atoms with Crippen LogP contribution in [0.15, 0.2) is 65.8 Å². The maximum atomic E-state index is 13.9. The number of benzene rings is 2. The van der Waals surface area contributed by atoms with Gasteiger partial charge < -0.3 is 10.5 Å². The van der Waals surface area contributed by atoms with Crippen molar-refractivity contribution in [2.75, 3.05) is 12.3 Å². The van der Waals surface area contributed by atoms with E-state index >= 15 is 0 Å². The molecule has 45 heavy (non-hydrogen) atoms. The predicted octanol–water partition coefficient (Wildman–Crippen LogP) is 4.47. The van der Waals surface area contributed by atoms with E-state index < -0.39 is 10.0 Å². The molecule has 0 radical (unpaired) electrons. The Hall–Kier alpha value is -4.62. The molecule has 2 N–H and O–H groups in total. The van der Waals surface area contributed by atoms with Gasteiger partial charge in [0.05, 0.1) is 12.1 Å². The first-order valence-corrected chi connectivity index (χ1v) is 16.4. The van der Waals surface area contributed by atoms with E-state index in [1.54, 1.807) is 18.3 Å². The molecule has 0 unspecified atom stereocenters. The summed E-state index contributed by atoms with van der Waals surface area (Å²) in [6, 6.07) is 14.7. The number of carbonyl (C=O) groups excluding carboxylic acids is 1. The van der Waals surface area contributed by atoms with Crippen LogP contribution in [0.5, 0.6) is 5.88 Å². The highest BCUT2D eigenvalue weighted by molar-refractivity contribution is 7.89. The number of aryl methyl sites for hydroxylation is 3. The van der Waals surface area contributed by atoms with Crippen LogP contribution in [0.3, 0.4) is 0 Å². The third-order valence-corrected chi connectivity index (χ3v) is 10.3. The highest BCUT2D eigenvalue weighted by Gasteiger charge is 2.35. The van der Waals surface area contributed by atoms with E-state index in [9.17, 15) is 13.2 Å². The van der Waals surface area contributed by atoms with Crippen molar-refractivity contribution in [3.8, 4) is 5.88 Å². The number of aromatic nitrogens is 6. The molecule has 5 aromatic rings. The zero-order valence-corrected chi connectivity index (χ0v) is 26.5. The molecule has 234 valence electrons. The van der Waals surface area contributed by atoms with Crippen molar-refractivity contribution in [3.63, 3.8) is 0 Å². The third-order valence-electron chi connectivity index (χ3n) is 8.52. The number of hydrogen-bond acceptors (Lipinski definition) is 9. The molecule has 0 bridgehead atoms. The van der Waals surface area contributed by atoms with Crippen LogP contribution in [-0.4, -0.2) is 61.0 Å². The van der Waals surface area contributed by atoms with Crippen molar-refractivity contribution in [1.82, 2.24) is 34.1 Å². The highest BCUT2D eigenvalue weighted by Crippen LogP contribution is 2.36. The van der Waals surface area contributed by atoms with Gasteiger partial charge in [-0.1, -0.05) is 36.4 Å². The zero-order chi connectivity index (χ0) is 31.9. The van der Waals surface area contributed by atoms with Gasteiger partial charge in [-0.2, -0.15) is 4.31 Å². The Labute approximate surface area is 261 Å². The minimum Gasteiger partial charge on any atom is -0.472 e. The van der Waals surface area contributed by atoms with Crippen molar-refractivity contribution >= 4 is 32.8 Å². The second kappa shape index (κ2) is 12.1. The first-order chi connectivity index (χ1) is 21.6. The van der Waals surface area contributed by atoms with Crippen LogP contribution in [0.25, 0.3) is 11.0 Å². The van der Waals surface area contributed by atoms with Crippen molar-refractivity contribution in [2.24, 2.45) is 0 Å². The van der Waals surface area contributed by atoms with E-state index in [-0.39, 0.29) is 54.0 Å². The molecular weight excluding hydrogens is 592 g/mol. The summed E-state index contributed by atoms with van der Waals surface area (Å²) in [5.41, 5.74) is 12.0. The van der Waals surface area contributed by atoms with Gasteiger partial charge in [0.2, 0.25) is 21.8 Å². The van der Waals surface area contributed by atoms with E-state index in [1.165, 1.54) is 21.3 Å². The molecule has 0 spiro atoms. The quantitative estimate of drug-likeness (QED) is 0.263. The summed E-state index contributed by atoms with van der Waals surface area (Å²) in [4.78, 5) is 17.8. The molecule has 0 saturated carbocycles. The molecule has 3 aromatic heterocycles. The SMILES string of the molecule is CC[C@@H]1CN(Cc2cc([C@H](CC(=O)n3ccc(N)n3)c3ccc4c(nnn4CC)c3C)ccc2C)S(=O)(=O)c2cccnc2O1. The number of nitrogens with zero attached hydrogens (tertiary/aromatic N) is 7. The lowest BCUT2D eigenvalue weighted by Gasteiger charge is -2.25. The van der Waals surface area contributed by atoms with E-state index in [2.05, 4.69) is 20.4 Å². The monoisotopic (exact) mass is 628 g/mol. The molecular formula is C32H36N8O4S. The van der Waals surface area contributed by atoms with Gasteiger partial charge >= 0.3 is 0 Å². The van der Waals surface area contributed by atoms with Gasteiger partial charge in [-0.05, 0) is 73.2 Å². The average molecular weight is 629 g/mol. The summed E-state index contributed by atoms with van der Waals surface area (Å²) in [6.45, 7) is 8.92. The summed E-state index contributed by atoms with van der Waals surface area (Å²) in [5, 5.41) is 12.9. The molecule has 2 atom stereocenters. The molecule has 1 aliphatic rings. The molecule has 0 aliphatic carbocycles. The minimum absolute atomic E-state index is 0.0563. The summed E-state index contributed by atoms with van der Waals surface area (Å²) < 4.78 is 38.3. The molecule has 13 heteroatoms. The van der Waals surface area contributed by atoms with Gasteiger partial charge in [-0.25, -0.2) is 22.8 Å². The second-order valence-electron chi connectivity index (χ2n) is 11.3. The highest BCUT2D eigenvalue weighted by atomic mass is 32.2. The van der Waals surface area contributed by atoms with Crippen LogP contribution >= 0.6 is 0 Å². The predicted molar refractivity (Wildman–Crippen MR) is 169 cm³/mol. The lowest BCUT2D eigenvalue weighted by Crippen LogP contribution is -2.36. The van der Waals surface area contributed by atoms with Gasteiger partial charge in [0.1, 0.15) is 22.3 Å². The van der Waals surface area contributed by atoms with Gasteiger partial charge in [0.15, 0.2) is 0 Å². The maximum absolute atomic E-state index is 13.9. The molecule has 0 fully saturated rings. The summed E-state index contributed by atoms with van der Waals surface area (Å²) in [6.07, 6.45) is 3.46. The number of ether oxygens (including phenoxy) is 1. The second-order valence-corrected chi connectivity index (χ2v) is 13.2. The van der Waals surface area contributed by atoms with E-state index in [0.717, 1.165) is 38.9 Å². The van der Waals surface area contributed by atoms with Crippen molar-refractivity contribution < 1.29 is 17.9 Å². The smallest absolute Gasteiger partial charge is 0.248 e. The van der Waals surface area contributed by atoms with E-state index in [4.69, 9.17) is 10.5 Å². The van der Waals surface area contributed by atoms with Crippen LogP contribution < -0.4 is 10.5 Å². The van der Waals surface area contributed by atoms with Crippen LogP contribution in [0, 0.1) is 13.8 Å². The first-order valence-electron chi connectivity index (χ1n) is 15.0. The first kappa shape index (κ1) is 30.4. The number of hydrogen-bond donors (Lipinski definition) is 1. The van der Waals surface area contributed by atoms with Crippen LogP contribution in [0.4, 0.5) is 5.82 Å². The number of carbonyl (C=O) groups is 1. The largest absolute Gasteiger partial charge is 0.472 e. The Bertz CT molecular complexity index is 2000. The Kier molecular flexibility index (Phi) is 8.14. The summed E-state index contributed by atoms with van der Waals surface area (Å²) >= 11 is 0. The molecule has 0 amide bonds. The van der Waals surface area contributed by atoms with Gasteiger partial charge in [0, 0.05) is 43.9 Å². The molecule has 2 aromatic carbocycles. The Morgan fingerprint density at radius 1 is 1.13 bits per heavy atom. The Balaban J connectivity index is 1.42. The number of rotatable bonds is 8. The van der Waals surface area contributed by atoms with E-state index in [1.807, 2.05) is 62.7 Å². The van der Waals surface area contributed by atoms with Crippen LogP contribution in [-0.2, 0) is 23.1 Å². The molecule has 6 rings (SSSR count). The minimum atomic E-state index is -3.90. The molecule has 1 aliphatic heterocycles. The van der Waals surface area contributed by atoms with Gasteiger partial charge in [-0.3, -0.25) is 4.79 Å². The van der Waals surface area contributed by atoms with Crippen molar-refractivity contribution in [1.29, 1.82) is 0 Å².